The molecule has 0 spiro atoms. The van der Waals surface area contributed by atoms with E-state index in [1.54, 1.807) is 6.20 Å². The first kappa shape index (κ1) is 10.7. The summed E-state index contributed by atoms with van der Waals surface area (Å²) in [6, 6.07) is 5.79. The van der Waals surface area contributed by atoms with Crippen molar-refractivity contribution in [3.05, 3.63) is 35.5 Å². The highest BCUT2D eigenvalue weighted by Crippen LogP contribution is 2.26. The summed E-state index contributed by atoms with van der Waals surface area (Å²) in [6.45, 7) is 1.98. The molecule has 0 aliphatic heterocycles. The van der Waals surface area contributed by atoms with Gasteiger partial charge in [-0.05, 0) is 18.6 Å². The van der Waals surface area contributed by atoms with Gasteiger partial charge in [0.15, 0.2) is 0 Å². The molecule has 1 aromatic carbocycles. The third-order valence-corrected chi connectivity index (χ3v) is 2.60. The van der Waals surface area contributed by atoms with Gasteiger partial charge in [-0.15, -0.1) is 0 Å². The van der Waals surface area contributed by atoms with Gasteiger partial charge in [-0.25, -0.2) is 0 Å². The lowest BCUT2D eigenvalue weighted by Crippen LogP contribution is -2.04. The van der Waals surface area contributed by atoms with Crippen LogP contribution in [-0.4, -0.2) is 21.2 Å². The Morgan fingerprint density at radius 2 is 2.25 bits per heavy atom. The van der Waals surface area contributed by atoms with Crippen molar-refractivity contribution in [3.63, 3.8) is 0 Å². The number of hydrogen-bond donors (Lipinski definition) is 3. The smallest absolute Gasteiger partial charge is 0.306 e. The lowest BCUT2D eigenvalue weighted by Gasteiger charge is -2.06. The van der Waals surface area contributed by atoms with E-state index < -0.39 is 12.1 Å². The lowest BCUT2D eigenvalue weighted by molar-refractivity contribution is -0.139. The fourth-order valence-corrected chi connectivity index (χ4v) is 1.81. The molecule has 1 heterocycles. The molecule has 0 radical (unpaired) electrons. The van der Waals surface area contributed by atoms with Crippen molar-refractivity contribution in [1.82, 2.24) is 4.98 Å². The number of carboxylic acid groups (broad SMARTS) is 1. The molecule has 0 aliphatic carbocycles. The Morgan fingerprint density at radius 1 is 1.50 bits per heavy atom. The van der Waals surface area contributed by atoms with Crippen LogP contribution in [0.5, 0.6) is 0 Å². The van der Waals surface area contributed by atoms with Gasteiger partial charge in [0.05, 0.1) is 12.5 Å². The molecule has 0 saturated heterocycles. The van der Waals surface area contributed by atoms with Gasteiger partial charge in [0.25, 0.3) is 0 Å². The maximum absolute atomic E-state index is 10.5. The Balaban J connectivity index is 2.41. The van der Waals surface area contributed by atoms with Crippen molar-refractivity contribution >= 4 is 16.9 Å². The van der Waals surface area contributed by atoms with E-state index >= 15 is 0 Å². The number of benzene rings is 1. The number of carbonyl (C=O) groups is 1. The van der Waals surface area contributed by atoms with E-state index in [-0.39, 0.29) is 6.42 Å². The number of aromatic nitrogens is 1. The Bertz CT molecular complexity index is 530. The predicted molar refractivity (Wildman–Crippen MR) is 60.2 cm³/mol. The largest absolute Gasteiger partial charge is 0.481 e. The first-order chi connectivity index (χ1) is 7.58. The summed E-state index contributed by atoms with van der Waals surface area (Å²) in [7, 11) is 0. The number of nitrogens with one attached hydrogen (secondary N) is 1. The highest BCUT2D eigenvalue weighted by molar-refractivity contribution is 5.84. The third kappa shape index (κ3) is 1.92. The maximum Gasteiger partial charge on any atom is 0.306 e. The maximum atomic E-state index is 10.5. The number of aliphatic carboxylic acids is 1. The van der Waals surface area contributed by atoms with Crippen molar-refractivity contribution in [3.8, 4) is 0 Å². The molecule has 84 valence electrons. The van der Waals surface area contributed by atoms with Gasteiger partial charge in [-0.2, -0.15) is 0 Å². The van der Waals surface area contributed by atoms with Gasteiger partial charge in [-0.3, -0.25) is 4.79 Å². The standard InChI is InChI=1S/C12H13NO3/c1-7-2-3-8-9(6-13-10(8)4-7)11(14)5-12(15)16/h2-4,6,11,13-14H,5H2,1H3,(H,15,16). The number of fused-ring (bicyclic) bond motifs is 1. The van der Waals surface area contributed by atoms with Crippen LogP contribution in [0.15, 0.2) is 24.4 Å². The summed E-state index contributed by atoms with van der Waals surface area (Å²) < 4.78 is 0. The van der Waals surface area contributed by atoms with Crippen molar-refractivity contribution in [2.45, 2.75) is 19.4 Å². The molecular formula is C12H13NO3. The number of aryl methyl sites for hydroxylation is 1. The van der Waals surface area contributed by atoms with Crippen LogP contribution in [0.3, 0.4) is 0 Å². The summed E-state index contributed by atoms with van der Waals surface area (Å²) in [5.74, 6) is -1.01. The molecular weight excluding hydrogens is 206 g/mol. The van der Waals surface area contributed by atoms with Crippen LogP contribution in [0.1, 0.15) is 23.7 Å². The topological polar surface area (TPSA) is 73.3 Å². The molecule has 4 nitrogen and oxygen atoms in total. The van der Waals surface area contributed by atoms with Gasteiger partial charge in [-0.1, -0.05) is 12.1 Å². The summed E-state index contributed by atoms with van der Waals surface area (Å²) in [6.07, 6.45) is 0.424. The van der Waals surface area contributed by atoms with Gasteiger partial charge in [0, 0.05) is 22.7 Å². The predicted octanol–water partition coefficient (Wildman–Crippen LogP) is 1.98. The van der Waals surface area contributed by atoms with Crippen molar-refractivity contribution in [2.24, 2.45) is 0 Å². The van der Waals surface area contributed by atoms with Gasteiger partial charge >= 0.3 is 5.97 Å². The molecule has 0 saturated carbocycles. The molecule has 1 unspecified atom stereocenters. The van der Waals surface area contributed by atoms with Crippen molar-refractivity contribution in [1.29, 1.82) is 0 Å². The number of H-pyrrole nitrogens is 1. The number of hydrogen-bond acceptors (Lipinski definition) is 2. The van der Waals surface area contributed by atoms with E-state index in [4.69, 9.17) is 5.11 Å². The summed E-state index contributed by atoms with van der Waals surface area (Å²) >= 11 is 0. The number of carboxylic acids is 1. The fourth-order valence-electron chi connectivity index (χ4n) is 1.81. The number of rotatable bonds is 3. The Kier molecular flexibility index (Phi) is 2.66. The zero-order valence-electron chi connectivity index (χ0n) is 8.90. The van der Waals surface area contributed by atoms with E-state index in [0.29, 0.717) is 5.56 Å². The fraction of sp³-hybridized carbons (Fsp3) is 0.250. The van der Waals surface area contributed by atoms with Gasteiger partial charge < -0.3 is 15.2 Å². The lowest BCUT2D eigenvalue weighted by atomic mass is 10.0. The number of aliphatic hydroxyl groups excluding tert-OH is 1. The zero-order chi connectivity index (χ0) is 11.7. The minimum atomic E-state index is -1.01. The quantitative estimate of drug-likeness (QED) is 0.739. The van der Waals surface area contributed by atoms with Crippen molar-refractivity contribution < 1.29 is 15.0 Å². The molecule has 16 heavy (non-hydrogen) atoms. The molecule has 1 aromatic heterocycles. The van der Waals surface area contributed by atoms with Crippen LogP contribution in [0, 0.1) is 6.92 Å². The summed E-state index contributed by atoms with van der Waals surface area (Å²) in [5.41, 5.74) is 2.67. The second-order valence-electron chi connectivity index (χ2n) is 3.91. The van der Waals surface area contributed by atoms with Crippen LogP contribution < -0.4 is 0 Å². The van der Waals surface area contributed by atoms with Crippen LogP contribution in [0.25, 0.3) is 10.9 Å². The minimum absolute atomic E-state index is 0.277. The van der Waals surface area contributed by atoms with Gasteiger partial charge in [0.2, 0.25) is 0 Å². The molecule has 2 rings (SSSR count). The monoisotopic (exact) mass is 219 g/mol. The highest BCUT2D eigenvalue weighted by Gasteiger charge is 2.15. The summed E-state index contributed by atoms with van der Waals surface area (Å²) in [5, 5.41) is 19.2. The van der Waals surface area contributed by atoms with E-state index in [2.05, 4.69) is 4.98 Å². The molecule has 2 aromatic rings. The minimum Gasteiger partial charge on any atom is -0.481 e. The van der Waals surface area contributed by atoms with E-state index in [0.717, 1.165) is 16.5 Å². The zero-order valence-corrected chi connectivity index (χ0v) is 8.90. The van der Waals surface area contributed by atoms with Crippen LogP contribution >= 0.6 is 0 Å². The second kappa shape index (κ2) is 3.98. The van der Waals surface area contributed by atoms with E-state index in [1.807, 2.05) is 25.1 Å². The van der Waals surface area contributed by atoms with Gasteiger partial charge in [0.1, 0.15) is 0 Å². The Hall–Kier alpha value is -1.81. The molecule has 0 fully saturated rings. The molecule has 0 aliphatic rings. The Morgan fingerprint density at radius 3 is 2.94 bits per heavy atom. The van der Waals surface area contributed by atoms with Crippen molar-refractivity contribution in [2.75, 3.05) is 0 Å². The normalized spacial score (nSPS) is 12.9. The number of aromatic amines is 1. The average molecular weight is 219 g/mol. The van der Waals surface area contributed by atoms with Crippen LogP contribution in [-0.2, 0) is 4.79 Å². The van der Waals surface area contributed by atoms with Crippen LogP contribution in [0.4, 0.5) is 0 Å². The Labute approximate surface area is 92.5 Å². The molecule has 4 heteroatoms. The molecule has 3 N–H and O–H groups in total. The second-order valence-corrected chi connectivity index (χ2v) is 3.91. The first-order valence-corrected chi connectivity index (χ1v) is 5.05. The first-order valence-electron chi connectivity index (χ1n) is 5.05. The average Bonchev–Trinajstić information content (AvgIpc) is 2.59. The van der Waals surface area contributed by atoms with E-state index in [1.165, 1.54) is 0 Å². The SMILES string of the molecule is Cc1ccc2c(C(O)CC(=O)O)c[nH]c2c1. The molecule has 1 atom stereocenters. The van der Waals surface area contributed by atoms with E-state index in [9.17, 15) is 9.90 Å². The van der Waals surface area contributed by atoms with Crippen LogP contribution in [0.2, 0.25) is 0 Å². The summed E-state index contributed by atoms with van der Waals surface area (Å²) in [4.78, 5) is 13.6. The number of aliphatic hydroxyl groups is 1. The highest BCUT2D eigenvalue weighted by atomic mass is 16.4. The molecule has 0 amide bonds. The third-order valence-electron chi connectivity index (χ3n) is 2.60. The molecule has 0 bridgehead atoms.